The molecule has 0 bridgehead atoms. The van der Waals surface area contributed by atoms with Gasteiger partial charge < -0.3 is 5.11 Å². The summed E-state index contributed by atoms with van der Waals surface area (Å²) >= 11 is 0. The van der Waals surface area contributed by atoms with Gasteiger partial charge in [0.05, 0.1) is 17.4 Å². The van der Waals surface area contributed by atoms with Crippen LogP contribution in [0, 0.1) is 11.3 Å². The fourth-order valence-corrected chi connectivity index (χ4v) is 4.27. The van der Waals surface area contributed by atoms with Crippen LogP contribution in [0.25, 0.3) is 0 Å². The number of aliphatic carboxylic acids is 1. The molecule has 1 aliphatic heterocycles. The molecule has 4 nitrogen and oxygen atoms in total. The van der Waals surface area contributed by atoms with Crippen LogP contribution >= 0.6 is 0 Å². The highest BCUT2D eigenvalue weighted by atomic mass is 32.2. The van der Waals surface area contributed by atoms with E-state index in [1.165, 1.54) is 0 Å². The van der Waals surface area contributed by atoms with Gasteiger partial charge in [0.15, 0.2) is 9.84 Å². The smallest absolute Gasteiger partial charge is 0.307 e. The lowest BCUT2D eigenvalue weighted by molar-refractivity contribution is -0.139. The molecule has 0 amide bonds. The Balaban J connectivity index is 2.16. The third-order valence-corrected chi connectivity index (χ3v) is 4.75. The van der Waals surface area contributed by atoms with Crippen LogP contribution in [0.3, 0.4) is 0 Å². The Bertz CT molecular complexity index is 331. The van der Waals surface area contributed by atoms with Crippen LogP contribution in [0.1, 0.15) is 12.8 Å². The molecular weight excluding hydrogens is 180 g/mol. The van der Waals surface area contributed by atoms with E-state index in [0.29, 0.717) is 12.8 Å². The van der Waals surface area contributed by atoms with Gasteiger partial charge in [-0.1, -0.05) is 0 Å². The molecule has 2 fully saturated rings. The first-order valence-corrected chi connectivity index (χ1v) is 5.71. The maximum atomic E-state index is 11.1. The standard InChI is InChI=1S/C7H10O4S/c8-6(9)5-3-7(5)1-2-12(10,11)4-7/h5H,1-4H2,(H,8,9). The third-order valence-electron chi connectivity index (χ3n) is 2.91. The van der Waals surface area contributed by atoms with Crippen LogP contribution in [0.5, 0.6) is 0 Å². The van der Waals surface area contributed by atoms with Gasteiger partial charge in [0.25, 0.3) is 0 Å². The molecule has 2 aliphatic rings. The van der Waals surface area contributed by atoms with Crippen molar-refractivity contribution in [2.24, 2.45) is 11.3 Å². The first-order chi connectivity index (χ1) is 5.45. The predicted octanol–water partition coefficient (Wildman–Crippen LogP) is -0.104. The fourth-order valence-electron chi connectivity index (χ4n) is 2.07. The third kappa shape index (κ3) is 1.03. The SMILES string of the molecule is O=C(O)C1CC12CCS(=O)(=O)C2. The summed E-state index contributed by atoms with van der Waals surface area (Å²) in [5, 5.41) is 8.65. The first-order valence-electron chi connectivity index (χ1n) is 3.88. The Kier molecular flexibility index (Phi) is 1.35. The molecule has 0 aromatic rings. The largest absolute Gasteiger partial charge is 0.481 e. The number of carboxylic acids is 1. The summed E-state index contributed by atoms with van der Waals surface area (Å²) in [6.45, 7) is 0. The molecule has 0 aromatic heterocycles. The zero-order chi connectivity index (χ0) is 8.98. The number of hydrogen-bond acceptors (Lipinski definition) is 3. The lowest BCUT2D eigenvalue weighted by atomic mass is 10.0. The second-order valence-corrected chi connectivity index (χ2v) is 5.98. The van der Waals surface area contributed by atoms with Crippen LogP contribution < -0.4 is 0 Å². The molecule has 2 rings (SSSR count). The average molecular weight is 190 g/mol. The van der Waals surface area contributed by atoms with Gasteiger partial charge in [-0.25, -0.2) is 8.42 Å². The van der Waals surface area contributed by atoms with E-state index in [2.05, 4.69) is 0 Å². The van der Waals surface area contributed by atoms with Gasteiger partial charge in [-0.2, -0.15) is 0 Å². The van der Waals surface area contributed by atoms with Crippen LogP contribution in [0.15, 0.2) is 0 Å². The average Bonchev–Trinajstić information content (AvgIpc) is 2.51. The molecule has 1 aliphatic carbocycles. The van der Waals surface area contributed by atoms with Crippen molar-refractivity contribution in [3.05, 3.63) is 0 Å². The lowest BCUT2D eigenvalue weighted by Gasteiger charge is -2.01. The van der Waals surface area contributed by atoms with Crippen LogP contribution in [0.4, 0.5) is 0 Å². The minimum absolute atomic E-state index is 0.0942. The van der Waals surface area contributed by atoms with E-state index in [4.69, 9.17) is 5.11 Å². The summed E-state index contributed by atoms with van der Waals surface area (Å²) in [6, 6.07) is 0. The topological polar surface area (TPSA) is 71.4 Å². The van der Waals surface area contributed by atoms with Crippen molar-refractivity contribution in [1.82, 2.24) is 0 Å². The maximum absolute atomic E-state index is 11.1. The predicted molar refractivity (Wildman–Crippen MR) is 41.4 cm³/mol. The molecule has 68 valence electrons. The molecule has 2 atom stereocenters. The number of rotatable bonds is 1. The summed E-state index contributed by atoms with van der Waals surface area (Å²) in [4.78, 5) is 10.5. The minimum atomic E-state index is -2.92. The van der Waals surface area contributed by atoms with E-state index < -0.39 is 21.7 Å². The molecule has 1 saturated heterocycles. The van der Waals surface area contributed by atoms with Gasteiger partial charge in [-0.05, 0) is 18.3 Å². The van der Waals surface area contributed by atoms with Crippen molar-refractivity contribution in [3.63, 3.8) is 0 Å². The van der Waals surface area contributed by atoms with Crippen molar-refractivity contribution in [1.29, 1.82) is 0 Å². The molecule has 0 radical (unpaired) electrons. The van der Waals surface area contributed by atoms with Gasteiger partial charge in [0, 0.05) is 0 Å². The van der Waals surface area contributed by atoms with Gasteiger partial charge in [-0.15, -0.1) is 0 Å². The summed E-state index contributed by atoms with van der Waals surface area (Å²) in [7, 11) is -2.92. The molecule has 1 spiro atoms. The second kappa shape index (κ2) is 2.02. The molecular formula is C7H10O4S. The minimum Gasteiger partial charge on any atom is -0.481 e. The van der Waals surface area contributed by atoms with E-state index >= 15 is 0 Å². The Morgan fingerprint density at radius 3 is 2.50 bits per heavy atom. The first kappa shape index (κ1) is 8.04. The van der Waals surface area contributed by atoms with E-state index in [9.17, 15) is 13.2 Å². The van der Waals surface area contributed by atoms with Crippen molar-refractivity contribution in [3.8, 4) is 0 Å². The van der Waals surface area contributed by atoms with Crippen LogP contribution in [0.2, 0.25) is 0 Å². The summed E-state index contributed by atoms with van der Waals surface area (Å²) < 4.78 is 22.1. The Morgan fingerprint density at radius 1 is 1.50 bits per heavy atom. The van der Waals surface area contributed by atoms with Crippen molar-refractivity contribution in [2.75, 3.05) is 11.5 Å². The highest BCUT2D eigenvalue weighted by Crippen LogP contribution is 2.59. The van der Waals surface area contributed by atoms with E-state index in [0.717, 1.165) is 0 Å². The van der Waals surface area contributed by atoms with Gasteiger partial charge in [0.2, 0.25) is 0 Å². The molecule has 1 N–H and O–H groups in total. The van der Waals surface area contributed by atoms with Gasteiger partial charge in [0.1, 0.15) is 0 Å². The number of carbonyl (C=O) groups is 1. The van der Waals surface area contributed by atoms with E-state index in [1.54, 1.807) is 0 Å². The number of sulfone groups is 1. The second-order valence-electron chi connectivity index (χ2n) is 3.80. The van der Waals surface area contributed by atoms with Gasteiger partial charge in [-0.3, -0.25) is 4.79 Å². The summed E-state index contributed by atoms with van der Waals surface area (Å²) in [5.41, 5.74) is -0.370. The highest BCUT2D eigenvalue weighted by Gasteiger charge is 2.63. The zero-order valence-corrected chi connectivity index (χ0v) is 7.30. The van der Waals surface area contributed by atoms with Crippen molar-refractivity contribution in [2.45, 2.75) is 12.8 Å². The Labute approximate surface area is 70.5 Å². The zero-order valence-electron chi connectivity index (χ0n) is 6.49. The van der Waals surface area contributed by atoms with Crippen LogP contribution in [-0.4, -0.2) is 31.0 Å². The Morgan fingerprint density at radius 2 is 2.17 bits per heavy atom. The molecule has 2 unspecified atom stereocenters. The Hall–Kier alpha value is -0.580. The van der Waals surface area contributed by atoms with Crippen molar-refractivity contribution >= 4 is 15.8 Å². The normalized spacial score (nSPS) is 43.2. The van der Waals surface area contributed by atoms with E-state index in [-0.39, 0.29) is 16.9 Å². The molecule has 12 heavy (non-hydrogen) atoms. The number of hydrogen-bond donors (Lipinski definition) is 1. The summed E-state index contributed by atoms with van der Waals surface area (Å²) in [5.74, 6) is -0.963. The van der Waals surface area contributed by atoms with E-state index in [1.807, 2.05) is 0 Å². The van der Waals surface area contributed by atoms with Crippen molar-refractivity contribution < 1.29 is 18.3 Å². The molecule has 1 heterocycles. The monoisotopic (exact) mass is 190 g/mol. The molecule has 1 saturated carbocycles. The fraction of sp³-hybridized carbons (Fsp3) is 0.857. The maximum Gasteiger partial charge on any atom is 0.307 e. The molecule has 0 aromatic carbocycles. The highest BCUT2D eigenvalue weighted by molar-refractivity contribution is 7.91. The number of carboxylic acid groups (broad SMARTS) is 1. The lowest BCUT2D eigenvalue weighted by Crippen LogP contribution is -2.12. The quantitative estimate of drug-likeness (QED) is 0.626. The molecule has 5 heteroatoms. The summed E-state index contributed by atoms with van der Waals surface area (Å²) in [6.07, 6.45) is 1.11. The van der Waals surface area contributed by atoms with Crippen LogP contribution in [-0.2, 0) is 14.6 Å². The van der Waals surface area contributed by atoms with Gasteiger partial charge >= 0.3 is 5.97 Å².